The maximum atomic E-state index is 12.3. The Morgan fingerprint density at radius 1 is 0.692 bits per heavy atom. The molecule has 0 bridgehead atoms. The van der Waals surface area contributed by atoms with E-state index in [1.54, 1.807) is 24.3 Å². The number of nitrogens with two attached hydrogens (primary N) is 1. The quantitative estimate of drug-likeness (QED) is 0.00902. The Labute approximate surface area is 539 Å². The Hall–Kier alpha value is -5.20. The first-order chi connectivity index (χ1) is 40.8. The van der Waals surface area contributed by atoms with Crippen LogP contribution in [0.4, 0.5) is 25.2 Å². The number of nitrogens with one attached hydrogen (secondary N) is 2. The molecule has 0 saturated carbocycles. The SMILES string of the molecule is CCC(NCC(=O)c1ccc2c(c1)B(O)OC2)C(C)(C)C.CCC(NN)C(C)(C)C.CCN(C(C)C)C(C)C.CN(C)[P+](On1nnc2ccccc21)(N(C)C)N(C)C.Cl.F[P-](F)(F)(F)(F)F.O.O=C(O)c1ccc2c(c1)B(O)OC2.On1nnc2ccccc21. The summed E-state index contributed by atoms with van der Waals surface area (Å²) in [5.41, 5.74) is 10.1. The van der Waals surface area contributed by atoms with Gasteiger partial charge in [0.2, 0.25) is 0 Å². The van der Waals surface area contributed by atoms with E-state index in [0.29, 0.717) is 71.4 Å². The largest absolute Gasteiger partial charge is 0.491 e. The number of hydrogen-bond donors (Lipinski definition) is 7. The number of carboxylic acids is 1. The number of aromatic carboxylic acids is 1. The second-order valence-electron chi connectivity index (χ2n) is 24.1. The van der Waals surface area contributed by atoms with Crippen LogP contribution >= 0.6 is 28.2 Å². The van der Waals surface area contributed by atoms with Crippen LogP contribution in [0.3, 0.4) is 0 Å². The molecular weight excluding hydrogens is 1260 g/mol. The summed E-state index contributed by atoms with van der Waals surface area (Å²) in [4.78, 5) is 27.6. The molecule has 0 fully saturated rings. The number of carbonyl (C=O) groups is 2. The molecule has 0 aliphatic carbocycles. The fourth-order valence-corrected chi connectivity index (χ4v) is 12.5. The van der Waals surface area contributed by atoms with Crippen LogP contribution in [0.15, 0.2) is 84.9 Å². The Morgan fingerprint density at radius 2 is 1.09 bits per heavy atom. The van der Waals surface area contributed by atoms with Crippen LogP contribution in [0.1, 0.15) is 135 Å². The summed E-state index contributed by atoms with van der Waals surface area (Å²) in [7, 11) is -2.64. The number of fused-ring (bicyclic) bond motifs is 4. The van der Waals surface area contributed by atoms with E-state index < -0.39 is 36.0 Å². The molecule has 10 N–H and O–H groups in total. The molecule has 6 aromatic rings. The molecule has 34 heteroatoms. The van der Waals surface area contributed by atoms with Gasteiger partial charge in [0.25, 0.3) is 0 Å². The van der Waals surface area contributed by atoms with E-state index in [4.69, 9.17) is 30.1 Å². The molecule has 0 radical (unpaired) electrons. The molecule has 516 valence electrons. The zero-order chi connectivity index (χ0) is 68.3. The van der Waals surface area contributed by atoms with Crippen LogP contribution in [0, 0.1) is 10.8 Å². The van der Waals surface area contributed by atoms with Crippen molar-refractivity contribution in [1.29, 1.82) is 0 Å². The van der Waals surface area contributed by atoms with Crippen LogP contribution < -0.4 is 32.1 Å². The minimum atomic E-state index is -10.7. The fourth-order valence-electron chi connectivity index (χ4n) is 9.58. The van der Waals surface area contributed by atoms with E-state index in [-0.39, 0.29) is 40.1 Å². The monoisotopic (exact) mass is 1360 g/mol. The van der Waals surface area contributed by atoms with Crippen molar-refractivity contribution in [3.05, 3.63) is 107 Å². The Balaban J connectivity index is 0.00000107. The number of benzene rings is 4. The van der Waals surface area contributed by atoms with Crippen molar-refractivity contribution in [2.24, 2.45) is 16.7 Å². The number of carbonyl (C=O) groups excluding carboxylic acids is 1. The van der Waals surface area contributed by atoms with Gasteiger partial charge in [-0.3, -0.25) is 21.0 Å². The molecule has 91 heavy (non-hydrogen) atoms. The van der Waals surface area contributed by atoms with Gasteiger partial charge in [0, 0.05) is 72.0 Å². The van der Waals surface area contributed by atoms with Gasteiger partial charge in [0.1, 0.15) is 22.1 Å². The van der Waals surface area contributed by atoms with Gasteiger partial charge in [-0.2, -0.15) is 4.62 Å². The summed E-state index contributed by atoms with van der Waals surface area (Å²) in [6, 6.07) is 27.1. The zero-order valence-electron chi connectivity index (χ0n) is 55.7. The fraction of sp³-hybridized carbons (Fsp3) is 0.544. The first kappa shape index (κ1) is 85.8. The summed E-state index contributed by atoms with van der Waals surface area (Å²) in [5.74, 6) is 4.36. The molecule has 2 aliphatic heterocycles. The van der Waals surface area contributed by atoms with E-state index in [0.717, 1.165) is 46.4 Å². The molecule has 2 unspecified atom stereocenters. The molecule has 0 spiro atoms. The van der Waals surface area contributed by atoms with Crippen LogP contribution in [0.2, 0.25) is 0 Å². The van der Waals surface area contributed by atoms with Gasteiger partial charge < -0.3 is 40.5 Å². The molecule has 4 aromatic carbocycles. The number of hydrazine groups is 1. The van der Waals surface area contributed by atoms with Gasteiger partial charge in [-0.1, -0.05) is 116 Å². The minimum absolute atomic E-state index is 0. The standard InChI is InChI=1S/C16H24BNO3.C12H22N6OP.C8H7BO4.C8H19N.C7H18N2.C6H5N3O.ClH.F6P.H2O/c1-5-15(16(2,3)4)18-9-14(19)11-6-7-12-10-21-17(20)13(12)8-11;1-15(2)20(16(3)4,17(5)6)19-18-12-10-8-7-9-11(12)13-14-18;10-8(11)5-1-2-6-4-13-9(12)7(6)3-5;1-6-9(7(2)3)8(4)5;1-5-6(9-8)7(2,3)4;10-9-6-4-2-1-3-5(6)7-8-9;;1-7(2,3,4,5)6;/h6-8,15,18,20H,5,9-10H2,1-4H3;7-10H,1-6H3;1-3,12H,4H2,(H,10,11);7-8H,6H2,1-5H3;6,9H,5,8H2,1-4H3;1-4,10H;1H;;1H2/q;+1;;;;;;-1;. The third-order valence-electron chi connectivity index (χ3n) is 13.9. The Morgan fingerprint density at radius 3 is 1.44 bits per heavy atom. The second-order valence-corrected chi connectivity index (χ2v) is 29.6. The molecule has 0 amide bonds. The van der Waals surface area contributed by atoms with Crippen molar-refractivity contribution in [3.8, 4) is 0 Å². The third kappa shape index (κ3) is 28.5. The predicted octanol–water partition coefficient (Wildman–Crippen LogP) is 9.37. The summed E-state index contributed by atoms with van der Waals surface area (Å²) < 4.78 is 81.8. The van der Waals surface area contributed by atoms with Crippen LogP contribution in [0.25, 0.3) is 22.1 Å². The van der Waals surface area contributed by atoms with Crippen molar-refractivity contribution in [3.63, 3.8) is 0 Å². The number of Topliss-reactive ketones (excluding diaryl/α,β-unsaturated/α-hetero) is 1. The molecule has 0 saturated heterocycles. The second kappa shape index (κ2) is 35.9. The summed E-state index contributed by atoms with van der Waals surface area (Å²) in [5, 5.41) is 55.3. The normalized spacial score (nSPS) is 14.2. The number of carboxylic acid groups (broad SMARTS) is 1. The van der Waals surface area contributed by atoms with Gasteiger partial charge in [-0.15, -0.1) is 36.6 Å². The van der Waals surface area contributed by atoms with Crippen LogP contribution in [0.5, 0.6) is 0 Å². The third-order valence-corrected chi connectivity index (χ3v) is 17.4. The van der Waals surface area contributed by atoms with Gasteiger partial charge >= 0.3 is 61.1 Å². The van der Waals surface area contributed by atoms with Crippen molar-refractivity contribution in [2.45, 2.75) is 140 Å². The Kier molecular flexibility index (Phi) is 33.8. The minimum Gasteiger partial charge on any atom is -0.478 e. The van der Waals surface area contributed by atoms with Gasteiger partial charge in [0.05, 0.1) is 25.3 Å². The number of halogens is 7. The van der Waals surface area contributed by atoms with E-state index in [1.807, 2.05) is 90.8 Å². The van der Waals surface area contributed by atoms with Crippen molar-refractivity contribution < 1.29 is 74.5 Å². The molecule has 23 nitrogen and oxygen atoms in total. The predicted molar refractivity (Wildman–Crippen MR) is 355 cm³/mol. The van der Waals surface area contributed by atoms with Crippen LogP contribution in [-0.4, -0.2) is 181 Å². The first-order valence-electron chi connectivity index (χ1n) is 28.9. The Bertz CT molecular complexity index is 3120. The topological polar surface area (TPSA) is 299 Å². The maximum absolute atomic E-state index is 12.3. The van der Waals surface area contributed by atoms with Crippen LogP contribution in [-0.2, 0) is 22.5 Å². The molecule has 2 atom stereocenters. The average Bonchev–Trinajstić information content (AvgIpc) is 1.75. The molecule has 4 heterocycles. The number of ketones is 1. The number of rotatable bonds is 16. The van der Waals surface area contributed by atoms with E-state index in [9.17, 15) is 44.8 Å². The maximum Gasteiger partial charge on any atom is 0.491 e. The van der Waals surface area contributed by atoms with E-state index in [1.165, 1.54) is 17.0 Å². The summed E-state index contributed by atoms with van der Waals surface area (Å²) >= 11 is 0. The van der Waals surface area contributed by atoms with Crippen molar-refractivity contribution in [1.82, 2.24) is 60.0 Å². The first-order valence-corrected chi connectivity index (χ1v) is 32.5. The average molecular weight is 1360 g/mol. The summed E-state index contributed by atoms with van der Waals surface area (Å²) in [6.45, 7) is 30.7. The number of hydrogen-bond acceptors (Lipinski definition) is 19. The molecule has 2 aromatic heterocycles. The van der Waals surface area contributed by atoms with Gasteiger partial charge in [-0.25, -0.2) is 4.79 Å². The zero-order valence-corrected chi connectivity index (χ0v) is 58.3. The molecule has 8 rings (SSSR count). The van der Waals surface area contributed by atoms with Gasteiger partial charge in [-0.05, 0) is 132 Å². The van der Waals surface area contributed by atoms with E-state index in [2.05, 4.69) is 140 Å². The van der Waals surface area contributed by atoms with E-state index >= 15 is 0 Å². The summed E-state index contributed by atoms with van der Waals surface area (Å²) in [6.07, 6.45) is 2.06. The number of aromatic nitrogens is 6. The smallest absolute Gasteiger partial charge is 0.478 e. The number of para-hydroxylation sites is 2. The van der Waals surface area contributed by atoms with Gasteiger partial charge in [0.15, 0.2) is 5.78 Å². The number of nitrogens with zero attached hydrogens (tertiary/aromatic N) is 10. The molecule has 2 aliphatic rings. The molecular formula is C57H98B2ClF6N13O10P2. The van der Waals surface area contributed by atoms with Crippen molar-refractivity contribution >= 4 is 87.1 Å². The van der Waals surface area contributed by atoms with Crippen molar-refractivity contribution in [2.75, 3.05) is 55.4 Å².